The number of aromatic nitrogens is 3. The molecule has 2 heterocycles. The first-order valence-electron chi connectivity index (χ1n) is 3.94. The lowest BCUT2D eigenvalue weighted by atomic mass is 10.4. The van der Waals surface area contributed by atoms with Gasteiger partial charge in [-0.3, -0.25) is 4.79 Å². The van der Waals surface area contributed by atoms with Gasteiger partial charge < -0.3 is 14.6 Å². The first kappa shape index (κ1) is 8.49. The van der Waals surface area contributed by atoms with Crippen molar-refractivity contribution in [2.75, 3.05) is 0 Å². The zero-order valence-electron chi connectivity index (χ0n) is 7.10. The van der Waals surface area contributed by atoms with Gasteiger partial charge in [0.15, 0.2) is 0 Å². The molecule has 72 valence electrons. The molecule has 2 aromatic heterocycles. The summed E-state index contributed by atoms with van der Waals surface area (Å²) in [7, 11) is 0. The van der Waals surface area contributed by atoms with Crippen LogP contribution in [0, 0.1) is 0 Å². The molecule has 0 saturated heterocycles. The van der Waals surface area contributed by atoms with E-state index in [1.165, 1.54) is 0 Å². The van der Waals surface area contributed by atoms with Gasteiger partial charge in [-0.05, 0) is 12.1 Å². The van der Waals surface area contributed by atoms with E-state index in [1.807, 2.05) is 0 Å². The third-order valence-corrected chi connectivity index (χ3v) is 1.61. The van der Waals surface area contributed by atoms with Crippen molar-refractivity contribution >= 4 is 5.97 Å². The van der Waals surface area contributed by atoms with E-state index in [-0.39, 0.29) is 12.3 Å². The Morgan fingerprint density at radius 1 is 1.64 bits per heavy atom. The molecular weight excluding hydrogens is 186 g/mol. The van der Waals surface area contributed by atoms with Crippen LogP contribution in [0.1, 0.15) is 5.89 Å². The highest BCUT2D eigenvalue weighted by Gasteiger charge is 2.11. The predicted octanol–water partition coefficient (Wildman–Crippen LogP) is 0.692. The number of H-pyrrole nitrogens is 1. The van der Waals surface area contributed by atoms with Gasteiger partial charge in [-0.25, -0.2) is 0 Å². The number of carboxylic acid groups (broad SMARTS) is 1. The summed E-state index contributed by atoms with van der Waals surface area (Å²) in [5.74, 6) is -0.528. The summed E-state index contributed by atoms with van der Waals surface area (Å²) in [6, 6.07) is 3.57. The fourth-order valence-corrected chi connectivity index (χ4v) is 1.03. The van der Waals surface area contributed by atoms with E-state index in [4.69, 9.17) is 9.63 Å². The lowest BCUT2D eigenvalue weighted by Crippen LogP contribution is -1.99. The Morgan fingerprint density at radius 3 is 3.14 bits per heavy atom. The maximum Gasteiger partial charge on any atom is 0.312 e. The van der Waals surface area contributed by atoms with E-state index in [1.54, 1.807) is 18.3 Å². The second-order valence-corrected chi connectivity index (χ2v) is 2.67. The van der Waals surface area contributed by atoms with Gasteiger partial charge in [0.05, 0.1) is 5.69 Å². The third kappa shape index (κ3) is 1.63. The van der Waals surface area contributed by atoms with Crippen LogP contribution in [0.3, 0.4) is 0 Å². The van der Waals surface area contributed by atoms with Crippen molar-refractivity contribution in [1.29, 1.82) is 0 Å². The maximum atomic E-state index is 10.3. The van der Waals surface area contributed by atoms with Gasteiger partial charge in [0.25, 0.3) is 0 Å². The lowest BCUT2D eigenvalue weighted by Gasteiger charge is -1.84. The van der Waals surface area contributed by atoms with Crippen LogP contribution in [0.5, 0.6) is 0 Å². The predicted molar refractivity (Wildman–Crippen MR) is 45.4 cm³/mol. The van der Waals surface area contributed by atoms with E-state index in [0.717, 1.165) is 0 Å². The SMILES string of the molecule is O=C(O)Cc1nc(-c2ccc[nH]2)no1. The Bertz CT molecular complexity index is 432. The van der Waals surface area contributed by atoms with Crippen molar-refractivity contribution in [3.8, 4) is 11.5 Å². The molecule has 0 saturated carbocycles. The molecular formula is C8H7N3O3. The number of nitrogens with zero attached hydrogens (tertiary/aromatic N) is 2. The summed E-state index contributed by atoms with van der Waals surface area (Å²) in [5, 5.41) is 12.1. The first-order valence-corrected chi connectivity index (χ1v) is 3.94. The molecule has 2 rings (SSSR count). The zero-order valence-corrected chi connectivity index (χ0v) is 7.10. The van der Waals surface area contributed by atoms with Crippen molar-refractivity contribution in [1.82, 2.24) is 15.1 Å². The molecule has 0 aromatic carbocycles. The molecule has 0 bridgehead atoms. The quantitative estimate of drug-likeness (QED) is 0.748. The minimum atomic E-state index is -0.994. The standard InChI is InChI=1S/C8H7N3O3/c12-7(13)4-6-10-8(11-14-6)5-2-1-3-9-5/h1-3,9H,4H2,(H,12,13). The van der Waals surface area contributed by atoms with E-state index in [0.29, 0.717) is 11.5 Å². The van der Waals surface area contributed by atoms with E-state index in [9.17, 15) is 4.79 Å². The molecule has 0 amide bonds. The van der Waals surface area contributed by atoms with Gasteiger partial charge in [0, 0.05) is 6.20 Å². The number of rotatable bonds is 3. The summed E-state index contributed by atoms with van der Waals surface area (Å²) in [4.78, 5) is 17.1. The molecule has 0 aliphatic heterocycles. The topological polar surface area (TPSA) is 92.0 Å². The van der Waals surface area contributed by atoms with Crippen LogP contribution in [-0.4, -0.2) is 26.2 Å². The summed E-state index contributed by atoms with van der Waals surface area (Å²) >= 11 is 0. The summed E-state index contributed by atoms with van der Waals surface area (Å²) < 4.78 is 4.74. The molecule has 2 aromatic rings. The number of carboxylic acids is 1. The highest BCUT2D eigenvalue weighted by Crippen LogP contribution is 2.12. The fraction of sp³-hybridized carbons (Fsp3) is 0.125. The zero-order chi connectivity index (χ0) is 9.97. The molecule has 6 heteroatoms. The van der Waals surface area contributed by atoms with Gasteiger partial charge in [-0.2, -0.15) is 4.98 Å². The van der Waals surface area contributed by atoms with E-state index < -0.39 is 5.97 Å². The summed E-state index contributed by atoms with van der Waals surface area (Å²) in [6.07, 6.45) is 1.47. The van der Waals surface area contributed by atoms with Crippen molar-refractivity contribution in [3.05, 3.63) is 24.2 Å². The Hall–Kier alpha value is -2.11. The Balaban J connectivity index is 2.22. The number of hydrogen-bond donors (Lipinski definition) is 2. The van der Waals surface area contributed by atoms with Crippen LogP contribution >= 0.6 is 0 Å². The molecule has 0 aliphatic rings. The average molecular weight is 193 g/mol. The van der Waals surface area contributed by atoms with Gasteiger partial charge in [-0.1, -0.05) is 5.16 Å². The number of carbonyl (C=O) groups is 1. The molecule has 14 heavy (non-hydrogen) atoms. The van der Waals surface area contributed by atoms with E-state index in [2.05, 4.69) is 15.1 Å². The highest BCUT2D eigenvalue weighted by atomic mass is 16.5. The normalized spacial score (nSPS) is 10.3. The van der Waals surface area contributed by atoms with Crippen LogP contribution in [0.15, 0.2) is 22.9 Å². The first-order chi connectivity index (χ1) is 6.75. The van der Waals surface area contributed by atoms with Gasteiger partial charge in [0.2, 0.25) is 11.7 Å². The molecule has 0 spiro atoms. The minimum Gasteiger partial charge on any atom is -0.481 e. The number of aromatic amines is 1. The highest BCUT2D eigenvalue weighted by molar-refractivity contribution is 5.68. The fourth-order valence-electron chi connectivity index (χ4n) is 1.03. The number of nitrogens with one attached hydrogen (secondary N) is 1. The van der Waals surface area contributed by atoms with Crippen LogP contribution < -0.4 is 0 Å². The van der Waals surface area contributed by atoms with Crippen LogP contribution in [-0.2, 0) is 11.2 Å². The van der Waals surface area contributed by atoms with Gasteiger partial charge in [-0.15, -0.1) is 0 Å². The van der Waals surface area contributed by atoms with Crippen molar-refractivity contribution in [3.63, 3.8) is 0 Å². The second kappa shape index (κ2) is 3.33. The van der Waals surface area contributed by atoms with Crippen LogP contribution in [0.25, 0.3) is 11.5 Å². The molecule has 0 unspecified atom stereocenters. The molecule has 2 N–H and O–H groups in total. The molecule has 0 aliphatic carbocycles. The maximum absolute atomic E-state index is 10.3. The molecule has 0 fully saturated rings. The molecule has 0 atom stereocenters. The van der Waals surface area contributed by atoms with Crippen LogP contribution in [0.4, 0.5) is 0 Å². The van der Waals surface area contributed by atoms with E-state index >= 15 is 0 Å². The van der Waals surface area contributed by atoms with Crippen molar-refractivity contribution in [2.24, 2.45) is 0 Å². The monoisotopic (exact) mass is 193 g/mol. The average Bonchev–Trinajstić information content (AvgIpc) is 2.69. The Labute approximate surface area is 78.6 Å². The van der Waals surface area contributed by atoms with Gasteiger partial charge in [0.1, 0.15) is 6.42 Å². The third-order valence-electron chi connectivity index (χ3n) is 1.61. The van der Waals surface area contributed by atoms with Gasteiger partial charge >= 0.3 is 5.97 Å². The Kier molecular flexibility index (Phi) is 2.02. The largest absolute Gasteiger partial charge is 0.481 e. The summed E-state index contributed by atoms with van der Waals surface area (Å²) in [6.45, 7) is 0. The summed E-state index contributed by atoms with van der Waals surface area (Å²) in [5.41, 5.74) is 0.699. The Morgan fingerprint density at radius 2 is 2.50 bits per heavy atom. The lowest BCUT2D eigenvalue weighted by molar-refractivity contribution is -0.136. The number of aliphatic carboxylic acids is 1. The second-order valence-electron chi connectivity index (χ2n) is 2.67. The van der Waals surface area contributed by atoms with Crippen molar-refractivity contribution in [2.45, 2.75) is 6.42 Å². The number of hydrogen-bond acceptors (Lipinski definition) is 4. The van der Waals surface area contributed by atoms with Crippen LogP contribution in [0.2, 0.25) is 0 Å². The molecule has 0 radical (unpaired) electrons. The molecule has 6 nitrogen and oxygen atoms in total. The smallest absolute Gasteiger partial charge is 0.312 e. The van der Waals surface area contributed by atoms with Crippen molar-refractivity contribution < 1.29 is 14.4 Å². The minimum absolute atomic E-state index is 0.0992.